The Bertz CT molecular complexity index is 1230. The number of hydrogen-bond donors (Lipinski definition) is 4. The van der Waals surface area contributed by atoms with Crippen LogP contribution in [0.25, 0.3) is 10.8 Å². The van der Waals surface area contributed by atoms with Gasteiger partial charge in [-0.3, -0.25) is 5.32 Å². The molecule has 2 heterocycles. The molecular formula is C20H16N8. The van der Waals surface area contributed by atoms with E-state index in [0.717, 1.165) is 21.9 Å². The molecule has 1 aromatic heterocycles. The van der Waals surface area contributed by atoms with E-state index in [1.165, 1.54) is 0 Å². The molecule has 1 aliphatic heterocycles. The number of nitrogens with zero attached hydrogens (tertiary/aromatic N) is 4. The molecule has 0 fully saturated rings. The second kappa shape index (κ2) is 6.45. The zero-order chi connectivity index (χ0) is 19.8. The number of benzene rings is 2. The summed E-state index contributed by atoms with van der Waals surface area (Å²) in [6.45, 7) is 2.04. The third kappa shape index (κ3) is 2.52. The number of fused-ring (bicyclic) bond motifs is 2. The van der Waals surface area contributed by atoms with Gasteiger partial charge in [-0.25, -0.2) is 9.98 Å². The predicted molar refractivity (Wildman–Crippen MR) is 108 cm³/mol. The third-order valence-electron chi connectivity index (χ3n) is 4.83. The van der Waals surface area contributed by atoms with Crippen LogP contribution in [0, 0.1) is 29.7 Å². The van der Waals surface area contributed by atoms with Crippen LogP contribution in [0.5, 0.6) is 0 Å². The minimum atomic E-state index is -0.558. The van der Waals surface area contributed by atoms with Crippen LogP contribution in [0.4, 0.5) is 17.3 Å². The van der Waals surface area contributed by atoms with E-state index in [4.69, 9.17) is 16.7 Å². The number of nitrogens with two attached hydrogens (primary N) is 2. The van der Waals surface area contributed by atoms with Gasteiger partial charge in [-0.15, -0.1) is 0 Å². The number of nitrogen functional groups attached to an aromatic ring is 2. The lowest BCUT2D eigenvalue weighted by atomic mass is 9.90. The van der Waals surface area contributed by atoms with Gasteiger partial charge in [-0.2, -0.15) is 10.5 Å². The highest BCUT2D eigenvalue weighted by Gasteiger charge is 2.30. The molecule has 1 aliphatic rings. The van der Waals surface area contributed by atoms with Gasteiger partial charge in [-0.1, -0.05) is 36.4 Å². The quantitative estimate of drug-likeness (QED) is 0.381. The average Bonchev–Trinajstić information content (AvgIpc) is 2.68. The van der Waals surface area contributed by atoms with Crippen molar-refractivity contribution in [1.82, 2.24) is 10.3 Å². The van der Waals surface area contributed by atoms with E-state index < -0.39 is 6.04 Å². The molecule has 3 aromatic rings. The maximum Gasteiger partial charge on any atom is 0.211 e. The van der Waals surface area contributed by atoms with E-state index in [9.17, 15) is 5.26 Å². The summed E-state index contributed by atoms with van der Waals surface area (Å²) < 4.78 is 0. The van der Waals surface area contributed by atoms with E-state index in [1.807, 2.05) is 55.6 Å². The summed E-state index contributed by atoms with van der Waals surface area (Å²) in [5, 5.41) is 26.0. The highest BCUT2D eigenvalue weighted by Crippen LogP contribution is 2.42. The summed E-state index contributed by atoms with van der Waals surface area (Å²) in [7, 11) is 0. The number of anilines is 3. The fraction of sp³-hybridized carbons (Fsp3) is 0.100. The number of nitrogens with one attached hydrogen (secondary N) is 2. The summed E-state index contributed by atoms with van der Waals surface area (Å²) >= 11 is 0. The van der Waals surface area contributed by atoms with Crippen LogP contribution in [0.2, 0.25) is 0 Å². The fourth-order valence-electron chi connectivity index (χ4n) is 3.52. The largest absolute Gasteiger partial charge is 0.397 e. The van der Waals surface area contributed by atoms with Crippen LogP contribution >= 0.6 is 0 Å². The highest BCUT2D eigenvalue weighted by atomic mass is 15.2. The van der Waals surface area contributed by atoms with Crippen molar-refractivity contribution in [3.05, 3.63) is 58.7 Å². The molecular weight excluding hydrogens is 352 g/mol. The summed E-state index contributed by atoms with van der Waals surface area (Å²) in [5.74, 6) is 0.633. The minimum absolute atomic E-state index is 0.0250. The van der Waals surface area contributed by atoms with Crippen LogP contribution in [-0.2, 0) is 0 Å². The topological polar surface area (TPSA) is 149 Å². The molecule has 0 radical (unpaired) electrons. The zero-order valence-electron chi connectivity index (χ0n) is 15.0. The van der Waals surface area contributed by atoms with Gasteiger partial charge < -0.3 is 16.8 Å². The predicted octanol–water partition coefficient (Wildman–Crippen LogP) is 2.52. The Hall–Kier alpha value is -4.30. The molecule has 2 aromatic carbocycles. The van der Waals surface area contributed by atoms with Gasteiger partial charge in [-0.05, 0) is 28.8 Å². The Morgan fingerprint density at radius 3 is 2.57 bits per heavy atom. The first-order chi connectivity index (χ1) is 13.5. The van der Waals surface area contributed by atoms with Crippen LogP contribution in [0.3, 0.4) is 0 Å². The second-order valence-electron chi connectivity index (χ2n) is 6.42. The van der Waals surface area contributed by atoms with Gasteiger partial charge in [0.15, 0.2) is 6.19 Å². The molecule has 1 unspecified atom stereocenters. The molecule has 0 amide bonds. The zero-order valence-corrected chi connectivity index (χ0v) is 15.0. The molecule has 1 atom stereocenters. The van der Waals surface area contributed by atoms with Crippen molar-refractivity contribution in [1.29, 1.82) is 10.5 Å². The first-order valence-corrected chi connectivity index (χ1v) is 8.52. The maximum atomic E-state index is 9.44. The first kappa shape index (κ1) is 17.1. The maximum absolute atomic E-state index is 9.44. The van der Waals surface area contributed by atoms with Crippen LogP contribution < -0.4 is 22.1 Å². The number of aromatic nitrogens is 1. The van der Waals surface area contributed by atoms with Gasteiger partial charge in [0.1, 0.15) is 29.3 Å². The van der Waals surface area contributed by atoms with E-state index >= 15 is 0 Å². The van der Waals surface area contributed by atoms with Crippen molar-refractivity contribution in [2.45, 2.75) is 13.0 Å². The van der Waals surface area contributed by atoms with Crippen molar-refractivity contribution >= 4 is 34.1 Å². The third-order valence-corrected chi connectivity index (χ3v) is 4.83. The number of guanidine groups is 1. The number of rotatable bonds is 1. The SMILES string of the molecule is Cc1ccc(C2N=C(NC#N)Nc3nc(N)c(C#N)c(N)c32)c2ccccc12. The Morgan fingerprint density at radius 1 is 1.11 bits per heavy atom. The minimum Gasteiger partial charge on any atom is -0.397 e. The van der Waals surface area contributed by atoms with Gasteiger partial charge >= 0.3 is 0 Å². The number of nitriles is 2. The molecule has 4 rings (SSSR count). The lowest BCUT2D eigenvalue weighted by Crippen LogP contribution is -2.32. The summed E-state index contributed by atoms with van der Waals surface area (Å²) in [6, 6.07) is 13.4. The van der Waals surface area contributed by atoms with Crippen LogP contribution in [-0.4, -0.2) is 10.9 Å². The molecule has 0 saturated carbocycles. The van der Waals surface area contributed by atoms with Crippen molar-refractivity contribution in [2.24, 2.45) is 4.99 Å². The number of aliphatic imine (C=N–C) groups is 1. The first-order valence-electron chi connectivity index (χ1n) is 8.52. The molecule has 6 N–H and O–H groups in total. The van der Waals surface area contributed by atoms with Crippen molar-refractivity contribution in [3.8, 4) is 12.3 Å². The number of aryl methyl sites for hydroxylation is 1. The smallest absolute Gasteiger partial charge is 0.211 e. The lowest BCUT2D eigenvalue weighted by Gasteiger charge is -2.27. The van der Waals surface area contributed by atoms with E-state index in [-0.39, 0.29) is 23.0 Å². The normalized spacial score (nSPS) is 15.0. The molecule has 0 spiro atoms. The van der Waals surface area contributed by atoms with Gasteiger partial charge in [0.05, 0.1) is 5.69 Å². The average molecular weight is 368 g/mol. The Kier molecular flexibility index (Phi) is 3.95. The standard InChI is InChI=1S/C20H16N8/c1-10-6-7-13(12-5-3-2-4-11(10)12)17-15-16(23)14(8-21)18(24)27-19(15)28-20(26-17)25-9-22/h2-7,17H,1H3,(H6,23,24,25,26,27,28). The van der Waals surface area contributed by atoms with Crippen LogP contribution in [0.1, 0.15) is 28.3 Å². The second-order valence-corrected chi connectivity index (χ2v) is 6.42. The number of hydrogen-bond acceptors (Lipinski definition) is 8. The molecule has 8 heteroatoms. The van der Waals surface area contributed by atoms with E-state index in [0.29, 0.717) is 11.4 Å². The Labute approximate surface area is 161 Å². The van der Waals surface area contributed by atoms with Crippen molar-refractivity contribution in [2.75, 3.05) is 16.8 Å². The summed E-state index contributed by atoms with van der Waals surface area (Å²) in [6.07, 6.45) is 1.85. The highest BCUT2D eigenvalue weighted by molar-refractivity contribution is 5.99. The molecule has 0 saturated heterocycles. The van der Waals surface area contributed by atoms with Crippen molar-refractivity contribution in [3.63, 3.8) is 0 Å². The van der Waals surface area contributed by atoms with E-state index in [1.54, 1.807) is 0 Å². The van der Waals surface area contributed by atoms with Gasteiger partial charge in [0.2, 0.25) is 5.96 Å². The molecule has 0 aliphatic carbocycles. The molecule has 136 valence electrons. The number of pyridine rings is 1. The van der Waals surface area contributed by atoms with Crippen LogP contribution in [0.15, 0.2) is 41.4 Å². The molecule has 28 heavy (non-hydrogen) atoms. The molecule has 0 bridgehead atoms. The Balaban J connectivity index is 2.04. The van der Waals surface area contributed by atoms with Gasteiger partial charge in [0, 0.05) is 5.56 Å². The summed E-state index contributed by atoms with van der Waals surface area (Å²) in [5.41, 5.74) is 15.1. The van der Waals surface area contributed by atoms with Crippen molar-refractivity contribution < 1.29 is 0 Å². The van der Waals surface area contributed by atoms with E-state index in [2.05, 4.69) is 20.6 Å². The lowest BCUT2D eigenvalue weighted by molar-refractivity contribution is 0.854. The fourth-order valence-corrected chi connectivity index (χ4v) is 3.52. The summed E-state index contributed by atoms with van der Waals surface area (Å²) in [4.78, 5) is 8.92. The monoisotopic (exact) mass is 368 g/mol. The van der Waals surface area contributed by atoms with Gasteiger partial charge in [0.25, 0.3) is 0 Å². The molecule has 8 nitrogen and oxygen atoms in total. The Morgan fingerprint density at radius 2 is 1.86 bits per heavy atom.